The minimum Gasteiger partial charge on any atom is -0.376 e. The predicted octanol–water partition coefficient (Wildman–Crippen LogP) is 4.93. The lowest BCUT2D eigenvalue weighted by atomic mass is 9.58. The number of aryl methyl sites for hydroxylation is 1. The Morgan fingerprint density at radius 1 is 1.15 bits per heavy atom. The standard InChI is InChI=1S/C29H32F3N5O2/c1-18-12-28(13-18,27-34-33-17-35(27)3)21-5-4-6-22(11-21)37-16-24-23(26(37)38)9-20(10-25(24)29(30,31)32)15-36-7-8-39-19(2)14-36/h4-6,9-11,17-19H,7-8,12-16H2,1-3H3/t18-,19-,28+/m1/s1. The number of fused-ring (bicyclic) bond motifs is 1. The summed E-state index contributed by atoms with van der Waals surface area (Å²) >= 11 is 0. The topological polar surface area (TPSA) is 63.5 Å². The average Bonchev–Trinajstić information content (AvgIpc) is 3.44. The van der Waals surface area contributed by atoms with Crippen molar-refractivity contribution in [1.29, 1.82) is 0 Å². The number of rotatable bonds is 5. The Hall–Kier alpha value is -3.24. The summed E-state index contributed by atoms with van der Waals surface area (Å²) in [6.45, 7) is 6.17. The van der Waals surface area contributed by atoms with Gasteiger partial charge in [0, 0.05) is 37.9 Å². The van der Waals surface area contributed by atoms with Crippen molar-refractivity contribution in [3.63, 3.8) is 0 Å². The number of aromatic nitrogens is 3. The predicted molar refractivity (Wildman–Crippen MR) is 139 cm³/mol. The van der Waals surface area contributed by atoms with Crippen molar-refractivity contribution < 1.29 is 22.7 Å². The maximum atomic E-state index is 14.2. The van der Waals surface area contributed by atoms with E-state index in [0.717, 1.165) is 24.2 Å². The summed E-state index contributed by atoms with van der Waals surface area (Å²) in [5.41, 5.74) is 1.18. The molecule has 6 rings (SSSR count). The Kier molecular flexibility index (Phi) is 6.30. The first-order valence-electron chi connectivity index (χ1n) is 13.4. The van der Waals surface area contributed by atoms with E-state index in [1.54, 1.807) is 18.5 Å². The molecule has 206 valence electrons. The number of benzene rings is 2. The number of hydrogen-bond donors (Lipinski definition) is 0. The van der Waals surface area contributed by atoms with Gasteiger partial charge < -0.3 is 14.2 Å². The van der Waals surface area contributed by atoms with E-state index in [1.165, 1.54) is 11.0 Å². The summed E-state index contributed by atoms with van der Waals surface area (Å²) in [6.07, 6.45) is -1.09. The third kappa shape index (κ3) is 4.53. The van der Waals surface area contributed by atoms with E-state index >= 15 is 0 Å². The smallest absolute Gasteiger partial charge is 0.376 e. The summed E-state index contributed by atoms with van der Waals surface area (Å²) in [7, 11) is 1.92. The second-order valence-electron chi connectivity index (χ2n) is 11.4. The van der Waals surface area contributed by atoms with Crippen LogP contribution in [0.25, 0.3) is 0 Å². The summed E-state index contributed by atoms with van der Waals surface area (Å²) in [4.78, 5) is 17.2. The SMILES string of the molecule is C[C@@H]1CN(Cc2cc3c(c(C(F)(F)F)c2)CN(c2cccc([C@]4(c5nncn5C)C[C@@H](C)C4)c2)C3=O)CCO1. The lowest BCUT2D eigenvalue weighted by molar-refractivity contribution is -0.138. The van der Waals surface area contributed by atoms with Crippen LogP contribution in [-0.2, 0) is 36.5 Å². The molecular weight excluding hydrogens is 507 g/mol. The van der Waals surface area contributed by atoms with Gasteiger partial charge in [0.2, 0.25) is 0 Å². The first-order valence-corrected chi connectivity index (χ1v) is 13.4. The highest BCUT2D eigenvalue weighted by molar-refractivity contribution is 6.10. The molecule has 7 nitrogen and oxygen atoms in total. The molecule has 1 aliphatic carbocycles. The zero-order valence-corrected chi connectivity index (χ0v) is 22.3. The molecule has 1 saturated carbocycles. The number of halogens is 3. The largest absolute Gasteiger partial charge is 0.416 e. The summed E-state index contributed by atoms with van der Waals surface area (Å²) in [5, 5.41) is 8.47. The molecule has 1 saturated heterocycles. The lowest BCUT2D eigenvalue weighted by Gasteiger charge is -2.46. The molecule has 1 atom stereocenters. The minimum absolute atomic E-state index is 0.0168. The molecule has 3 aliphatic rings. The van der Waals surface area contributed by atoms with Crippen LogP contribution in [0.3, 0.4) is 0 Å². The summed E-state index contributed by atoms with van der Waals surface area (Å²) in [6, 6.07) is 10.5. The maximum Gasteiger partial charge on any atom is 0.416 e. The number of carbonyl (C=O) groups excluding carboxylic acids is 1. The van der Waals surface area contributed by atoms with Crippen molar-refractivity contribution in [2.24, 2.45) is 13.0 Å². The normalized spacial score (nSPS) is 25.6. The van der Waals surface area contributed by atoms with Crippen molar-refractivity contribution in [1.82, 2.24) is 19.7 Å². The molecule has 0 spiro atoms. The third-order valence-electron chi connectivity index (χ3n) is 8.38. The highest BCUT2D eigenvalue weighted by Crippen LogP contribution is 2.52. The molecule has 1 amide bonds. The van der Waals surface area contributed by atoms with E-state index in [2.05, 4.69) is 22.0 Å². The zero-order chi connectivity index (χ0) is 27.5. The number of carbonyl (C=O) groups is 1. The Morgan fingerprint density at radius 2 is 1.95 bits per heavy atom. The lowest BCUT2D eigenvalue weighted by Crippen LogP contribution is -2.43. The number of ether oxygens (including phenoxy) is 1. The van der Waals surface area contributed by atoms with Gasteiger partial charge >= 0.3 is 6.18 Å². The van der Waals surface area contributed by atoms with Gasteiger partial charge in [0.15, 0.2) is 0 Å². The fraction of sp³-hybridized carbons (Fsp3) is 0.483. The van der Waals surface area contributed by atoms with Crippen LogP contribution in [0.1, 0.15) is 65.1 Å². The molecule has 3 heterocycles. The molecular formula is C29H32F3N5O2. The number of morpholine rings is 1. The Bertz CT molecular complexity index is 1410. The van der Waals surface area contributed by atoms with E-state index in [1.807, 2.05) is 36.7 Å². The number of hydrogen-bond acceptors (Lipinski definition) is 5. The second kappa shape index (κ2) is 9.45. The molecule has 0 N–H and O–H groups in total. The second-order valence-corrected chi connectivity index (χ2v) is 11.4. The van der Waals surface area contributed by atoms with Crippen molar-refractivity contribution in [2.75, 3.05) is 24.6 Å². The van der Waals surface area contributed by atoms with Gasteiger partial charge in [-0.15, -0.1) is 10.2 Å². The van der Waals surface area contributed by atoms with Gasteiger partial charge in [-0.05, 0) is 66.6 Å². The summed E-state index contributed by atoms with van der Waals surface area (Å²) in [5.74, 6) is 0.958. The van der Waals surface area contributed by atoms with Crippen LogP contribution in [0.15, 0.2) is 42.7 Å². The number of amides is 1. The molecule has 10 heteroatoms. The van der Waals surface area contributed by atoms with Crippen LogP contribution in [-0.4, -0.2) is 51.4 Å². The van der Waals surface area contributed by atoms with Gasteiger partial charge in [0.1, 0.15) is 12.2 Å². The van der Waals surface area contributed by atoms with Crippen molar-refractivity contribution in [3.8, 4) is 0 Å². The van der Waals surface area contributed by atoms with Crippen molar-refractivity contribution >= 4 is 11.6 Å². The van der Waals surface area contributed by atoms with Crippen LogP contribution in [0.2, 0.25) is 0 Å². The molecule has 2 aromatic carbocycles. The fourth-order valence-corrected chi connectivity index (χ4v) is 6.68. The fourth-order valence-electron chi connectivity index (χ4n) is 6.68. The van der Waals surface area contributed by atoms with Gasteiger partial charge in [0.25, 0.3) is 5.91 Å². The van der Waals surface area contributed by atoms with Gasteiger partial charge in [-0.1, -0.05) is 19.1 Å². The molecule has 1 aromatic heterocycles. The van der Waals surface area contributed by atoms with E-state index in [-0.39, 0.29) is 29.2 Å². The third-order valence-corrected chi connectivity index (χ3v) is 8.38. The van der Waals surface area contributed by atoms with Gasteiger partial charge in [0.05, 0.1) is 30.2 Å². The summed E-state index contributed by atoms with van der Waals surface area (Å²) < 4.78 is 50.2. The van der Waals surface area contributed by atoms with Crippen LogP contribution >= 0.6 is 0 Å². The van der Waals surface area contributed by atoms with E-state index in [0.29, 0.717) is 43.4 Å². The Balaban J connectivity index is 1.34. The monoisotopic (exact) mass is 539 g/mol. The number of nitrogens with zero attached hydrogens (tertiary/aromatic N) is 5. The molecule has 3 aromatic rings. The quantitative estimate of drug-likeness (QED) is 0.460. The molecule has 0 radical (unpaired) electrons. The Labute approximate surface area is 225 Å². The van der Waals surface area contributed by atoms with E-state index in [4.69, 9.17) is 4.74 Å². The van der Waals surface area contributed by atoms with Crippen LogP contribution in [0.5, 0.6) is 0 Å². The molecule has 2 fully saturated rings. The average molecular weight is 540 g/mol. The molecule has 2 aliphatic heterocycles. The van der Waals surface area contributed by atoms with Crippen molar-refractivity contribution in [2.45, 2.75) is 57.5 Å². The first kappa shape index (κ1) is 26.0. The molecule has 39 heavy (non-hydrogen) atoms. The van der Waals surface area contributed by atoms with Crippen LogP contribution < -0.4 is 4.90 Å². The first-order chi connectivity index (χ1) is 18.5. The molecule has 0 bridgehead atoms. The number of anilines is 1. The number of alkyl halides is 3. The molecule has 0 unspecified atom stereocenters. The van der Waals surface area contributed by atoms with Crippen molar-refractivity contribution in [3.05, 3.63) is 76.4 Å². The van der Waals surface area contributed by atoms with E-state index in [9.17, 15) is 18.0 Å². The van der Waals surface area contributed by atoms with Gasteiger partial charge in [-0.3, -0.25) is 9.69 Å². The van der Waals surface area contributed by atoms with Crippen LogP contribution in [0.4, 0.5) is 18.9 Å². The minimum atomic E-state index is -4.56. The Morgan fingerprint density at radius 3 is 2.62 bits per heavy atom. The van der Waals surface area contributed by atoms with Gasteiger partial charge in [-0.2, -0.15) is 13.2 Å². The van der Waals surface area contributed by atoms with E-state index < -0.39 is 17.6 Å². The van der Waals surface area contributed by atoms with Crippen LogP contribution in [0, 0.1) is 5.92 Å². The zero-order valence-electron chi connectivity index (χ0n) is 22.3. The highest BCUT2D eigenvalue weighted by atomic mass is 19.4. The highest BCUT2D eigenvalue weighted by Gasteiger charge is 2.48. The van der Waals surface area contributed by atoms with Gasteiger partial charge in [-0.25, -0.2) is 0 Å². The maximum absolute atomic E-state index is 14.2.